The standard InChI is InChI=1S/C14H13ClN2O2/c1-2-4-10-5-3-6-11(7-10)13-8-12(17(18)19)9-14(15)16-13/h3,5-9H,2,4H2,1H3. The third-order valence-electron chi connectivity index (χ3n) is 2.75. The van der Waals surface area contributed by atoms with E-state index in [0.717, 1.165) is 18.4 Å². The van der Waals surface area contributed by atoms with Crippen molar-refractivity contribution in [1.82, 2.24) is 4.98 Å². The second-order valence-corrected chi connectivity index (χ2v) is 4.63. The van der Waals surface area contributed by atoms with Gasteiger partial charge in [0.15, 0.2) is 0 Å². The van der Waals surface area contributed by atoms with Crippen molar-refractivity contribution in [2.45, 2.75) is 19.8 Å². The highest BCUT2D eigenvalue weighted by Gasteiger charge is 2.11. The third-order valence-corrected chi connectivity index (χ3v) is 2.94. The van der Waals surface area contributed by atoms with E-state index in [4.69, 9.17) is 11.6 Å². The van der Waals surface area contributed by atoms with Crippen LogP contribution in [-0.4, -0.2) is 9.91 Å². The summed E-state index contributed by atoms with van der Waals surface area (Å²) < 4.78 is 0. The molecule has 0 aliphatic rings. The van der Waals surface area contributed by atoms with Gasteiger partial charge in [-0.25, -0.2) is 4.98 Å². The minimum atomic E-state index is -0.465. The average Bonchev–Trinajstić information content (AvgIpc) is 2.38. The highest BCUT2D eigenvalue weighted by Crippen LogP contribution is 2.26. The Hall–Kier alpha value is -1.94. The van der Waals surface area contributed by atoms with Gasteiger partial charge < -0.3 is 0 Å². The molecule has 0 bridgehead atoms. The molecule has 0 atom stereocenters. The Bertz CT molecular complexity index is 614. The summed E-state index contributed by atoms with van der Waals surface area (Å²) in [6.07, 6.45) is 2.02. The van der Waals surface area contributed by atoms with Crippen LogP contribution in [0, 0.1) is 10.1 Å². The van der Waals surface area contributed by atoms with Crippen LogP contribution in [0.4, 0.5) is 5.69 Å². The van der Waals surface area contributed by atoms with E-state index in [1.807, 2.05) is 24.3 Å². The molecule has 0 unspecified atom stereocenters. The molecule has 0 aliphatic carbocycles. The number of aromatic nitrogens is 1. The van der Waals surface area contributed by atoms with Gasteiger partial charge in [0.25, 0.3) is 5.69 Å². The first-order valence-corrected chi connectivity index (χ1v) is 6.39. The van der Waals surface area contributed by atoms with Gasteiger partial charge in [-0.1, -0.05) is 43.1 Å². The summed E-state index contributed by atoms with van der Waals surface area (Å²) in [5.74, 6) is 0. The number of rotatable bonds is 4. The number of aryl methyl sites for hydroxylation is 1. The van der Waals surface area contributed by atoms with E-state index in [1.165, 1.54) is 17.7 Å². The van der Waals surface area contributed by atoms with Crippen molar-refractivity contribution >= 4 is 17.3 Å². The summed E-state index contributed by atoms with van der Waals surface area (Å²) in [5.41, 5.74) is 2.51. The lowest BCUT2D eigenvalue weighted by atomic mass is 10.0. The largest absolute Gasteiger partial charge is 0.274 e. The minimum Gasteiger partial charge on any atom is -0.258 e. The van der Waals surface area contributed by atoms with Gasteiger partial charge in [0.05, 0.1) is 16.7 Å². The molecule has 0 N–H and O–H groups in total. The normalized spacial score (nSPS) is 10.4. The van der Waals surface area contributed by atoms with E-state index in [2.05, 4.69) is 11.9 Å². The van der Waals surface area contributed by atoms with E-state index >= 15 is 0 Å². The monoisotopic (exact) mass is 276 g/mol. The lowest BCUT2D eigenvalue weighted by Gasteiger charge is -2.04. The Morgan fingerprint density at radius 3 is 2.79 bits per heavy atom. The predicted molar refractivity (Wildman–Crippen MR) is 75.3 cm³/mol. The molecule has 0 saturated carbocycles. The second-order valence-electron chi connectivity index (χ2n) is 4.24. The highest BCUT2D eigenvalue weighted by molar-refractivity contribution is 6.29. The number of nitrogens with zero attached hydrogens (tertiary/aromatic N) is 2. The van der Waals surface area contributed by atoms with Crippen molar-refractivity contribution in [3.05, 3.63) is 57.2 Å². The van der Waals surface area contributed by atoms with Crippen LogP contribution in [0.2, 0.25) is 5.15 Å². The van der Waals surface area contributed by atoms with Crippen LogP contribution >= 0.6 is 11.6 Å². The van der Waals surface area contributed by atoms with Crippen LogP contribution in [0.1, 0.15) is 18.9 Å². The lowest BCUT2D eigenvalue weighted by molar-refractivity contribution is -0.384. The van der Waals surface area contributed by atoms with Crippen molar-refractivity contribution in [2.75, 3.05) is 0 Å². The van der Waals surface area contributed by atoms with Crippen LogP contribution in [0.3, 0.4) is 0 Å². The average molecular weight is 277 g/mol. The fourth-order valence-electron chi connectivity index (χ4n) is 1.91. The van der Waals surface area contributed by atoms with Crippen molar-refractivity contribution in [3.63, 3.8) is 0 Å². The first-order valence-electron chi connectivity index (χ1n) is 6.01. The Labute approximate surface area is 116 Å². The molecule has 5 heteroatoms. The third kappa shape index (κ3) is 3.29. The number of halogens is 1. The van der Waals surface area contributed by atoms with Crippen LogP contribution in [0.25, 0.3) is 11.3 Å². The summed E-state index contributed by atoms with van der Waals surface area (Å²) in [4.78, 5) is 14.5. The van der Waals surface area contributed by atoms with Gasteiger partial charge in [-0.15, -0.1) is 0 Å². The van der Waals surface area contributed by atoms with Gasteiger partial charge >= 0.3 is 0 Å². The molecule has 0 fully saturated rings. The summed E-state index contributed by atoms with van der Waals surface area (Å²) in [7, 11) is 0. The number of hydrogen-bond acceptors (Lipinski definition) is 3. The molecular formula is C14H13ClN2O2. The van der Waals surface area contributed by atoms with Gasteiger partial charge in [-0.2, -0.15) is 0 Å². The zero-order valence-corrected chi connectivity index (χ0v) is 11.2. The maximum Gasteiger partial charge on any atom is 0.274 e. The Morgan fingerprint density at radius 1 is 1.32 bits per heavy atom. The van der Waals surface area contributed by atoms with E-state index < -0.39 is 4.92 Å². The highest BCUT2D eigenvalue weighted by atomic mass is 35.5. The summed E-state index contributed by atoms with van der Waals surface area (Å²) in [6, 6.07) is 10.5. The van der Waals surface area contributed by atoms with Crippen LogP contribution in [-0.2, 0) is 6.42 Å². The van der Waals surface area contributed by atoms with Crippen LogP contribution < -0.4 is 0 Å². The predicted octanol–water partition coefficient (Wildman–Crippen LogP) is 4.26. The molecule has 1 heterocycles. The molecular weight excluding hydrogens is 264 g/mol. The van der Waals surface area contributed by atoms with E-state index in [1.54, 1.807) is 0 Å². The quantitative estimate of drug-likeness (QED) is 0.476. The maximum atomic E-state index is 10.8. The Morgan fingerprint density at radius 2 is 2.11 bits per heavy atom. The Balaban J connectivity index is 2.46. The van der Waals surface area contributed by atoms with Crippen molar-refractivity contribution in [1.29, 1.82) is 0 Å². The number of pyridine rings is 1. The molecule has 2 rings (SSSR count). The molecule has 98 valence electrons. The van der Waals surface area contributed by atoms with E-state index in [-0.39, 0.29) is 10.8 Å². The van der Waals surface area contributed by atoms with Crippen molar-refractivity contribution < 1.29 is 4.92 Å². The fraction of sp³-hybridized carbons (Fsp3) is 0.214. The molecule has 0 aliphatic heterocycles. The van der Waals surface area contributed by atoms with Crippen molar-refractivity contribution in [3.8, 4) is 11.3 Å². The fourth-order valence-corrected chi connectivity index (χ4v) is 2.11. The van der Waals surface area contributed by atoms with Crippen LogP contribution in [0.15, 0.2) is 36.4 Å². The molecule has 19 heavy (non-hydrogen) atoms. The first-order chi connectivity index (χ1) is 9.10. The van der Waals surface area contributed by atoms with Gasteiger partial charge in [0.1, 0.15) is 5.15 Å². The molecule has 0 radical (unpaired) electrons. The zero-order valence-electron chi connectivity index (χ0n) is 10.5. The summed E-state index contributed by atoms with van der Waals surface area (Å²) >= 11 is 5.83. The van der Waals surface area contributed by atoms with Gasteiger partial charge in [-0.05, 0) is 18.1 Å². The number of benzene rings is 1. The molecule has 4 nitrogen and oxygen atoms in total. The van der Waals surface area contributed by atoms with Gasteiger partial charge in [0, 0.05) is 11.6 Å². The lowest BCUT2D eigenvalue weighted by Crippen LogP contribution is -1.92. The van der Waals surface area contributed by atoms with Crippen LogP contribution in [0.5, 0.6) is 0 Å². The maximum absolute atomic E-state index is 10.8. The van der Waals surface area contributed by atoms with E-state index in [0.29, 0.717) is 5.69 Å². The Kier molecular flexibility index (Phi) is 4.12. The molecule has 1 aromatic heterocycles. The SMILES string of the molecule is CCCc1cccc(-c2cc([N+](=O)[O-])cc(Cl)n2)c1. The van der Waals surface area contributed by atoms with E-state index in [9.17, 15) is 10.1 Å². The van der Waals surface area contributed by atoms with Gasteiger partial charge in [-0.3, -0.25) is 10.1 Å². The number of nitro groups is 1. The minimum absolute atomic E-state index is 0.0455. The second kappa shape index (κ2) is 5.80. The molecule has 1 aromatic carbocycles. The first kappa shape index (κ1) is 13.5. The molecule has 0 spiro atoms. The summed E-state index contributed by atoms with van der Waals surface area (Å²) in [5, 5.41) is 11.0. The molecule has 2 aromatic rings. The molecule has 0 amide bonds. The van der Waals surface area contributed by atoms with Gasteiger partial charge in [0.2, 0.25) is 0 Å². The van der Waals surface area contributed by atoms with Crippen molar-refractivity contribution in [2.24, 2.45) is 0 Å². The number of hydrogen-bond donors (Lipinski definition) is 0. The summed E-state index contributed by atoms with van der Waals surface area (Å²) in [6.45, 7) is 2.11. The molecule has 0 saturated heterocycles. The zero-order chi connectivity index (χ0) is 13.8. The topological polar surface area (TPSA) is 56.0 Å². The smallest absolute Gasteiger partial charge is 0.258 e.